The van der Waals surface area contributed by atoms with E-state index in [9.17, 15) is 4.79 Å². The van der Waals surface area contributed by atoms with Crippen molar-refractivity contribution < 1.29 is 9.53 Å². The molecule has 1 amide bonds. The number of aryl methyl sites for hydroxylation is 1. The number of aromatic nitrogens is 2. The van der Waals surface area contributed by atoms with Crippen LogP contribution in [0.4, 0.5) is 5.69 Å². The van der Waals surface area contributed by atoms with Crippen molar-refractivity contribution in [2.75, 3.05) is 19.4 Å². The number of hydrogen-bond donors (Lipinski definition) is 2. The Hall–Kier alpha value is -2.50. The molecule has 0 unspecified atom stereocenters. The van der Waals surface area contributed by atoms with Crippen molar-refractivity contribution in [1.29, 1.82) is 0 Å². The number of ether oxygens (including phenoxy) is 1. The molecule has 0 spiro atoms. The van der Waals surface area contributed by atoms with Crippen LogP contribution in [-0.2, 0) is 13.5 Å². The maximum Gasteiger partial charge on any atom is 0.273 e. The van der Waals surface area contributed by atoms with E-state index in [0.29, 0.717) is 12.2 Å². The van der Waals surface area contributed by atoms with E-state index in [4.69, 9.17) is 10.5 Å². The lowest BCUT2D eigenvalue weighted by atomic mass is 10.1. The van der Waals surface area contributed by atoms with Crippen molar-refractivity contribution in [3.63, 3.8) is 0 Å². The van der Waals surface area contributed by atoms with Gasteiger partial charge in [-0.15, -0.1) is 0 Å². The van der Waals surface area contributed by atoms with Crippen LogP contribution in [0, 0.1) is 0 Å². The van der Waals surface area contributed by atoms with Crippen molar-refractivity contribution in [2.45, 2.75) is 6.42 Å². The van der Waals surface area contributed by atoms with Crippen LogP contribution in [0.15, 0.2) is 30.5 Å². The molecule has 3 N–H and O–H groups in total. The van der Waals surface area contributed by atoms with Gasteiger partial charge in [-0.2, -0.15) is 5.10 Å². The fourth-order valence-corrected chi connectivity index (χ4v) is 1.92. The Balaban J connectivity index is 1.89. The first-order valence-electron chi connectivity index (χ1n) is 6.30. The second kappa shape index (κ2) is 6.10. The van der Waals surface area contributed by atoms with Crippen LogP contribution in [0.1, 0.15) is 16.1 Å². The Morgan fingerprint density at radius 2 is 2.30 bits per heavy atom. The molecule has 0 aliphatic carbocycles. The van der Waals surface area contributed by atoms with Crippen molar-refractivity contribution in [3.05, 3.63) is 41.7 Å². The molecule has 2 rings (SSSR count). The number of nitrogens with two attached hydrogens (primary N) is 1. The van der Waals surface area contributed by atoms with Gasteiger partial charge in [-0.3, -0.25) is 9.48 Å². The summed E-state index contributed by atoms with van der Waals surface area (Å²) in [4.78, 5) is 11.9. The minimum Gasteiger partial charge on any atom is -0.497 e. The number of amides is 1. The molecule has 0 aliphatic heterocycles. The van der Waals surface area contributed by atoms with Gasteiger partial charge in [-0.1, -0.05) is 12.1 Å². The summed E-state index contributed by atoms with van der Waals surface area (Å²) in [6, 6.07) is 7.74. The lowest BCUT2D eigenvalue weighted by Crippen LogP contribution is -2.26. The average Bonchev–Trinajstić information content (AvgIpc) is 2.78. The van der Waals surface area contributed by atoms with Gasteiger partial charge < -0.3 is 15.8 Å². The van der Waals surface area contributed by atoms with Crippen LogP contribution in [0.5, 0.6) is 5.75 Å². The van der Waals surface area contributed by atoms with Crippen LogP contribution in [0.3, 0.4) is 0 Å². The zero-order valence-electron chi connectivity index (χ0n) is 11.6. The minimum absolute atomic E-state index is 0.258. The highest BCUT2D eigenvalue weighted by atomic mass is 16.5. The summed E-state index contributed by atoms with van der Waals surface area (Å²) in [7, 11) is 3.36. The van der Waals surface area contributed by atoms with Gasteiger partial charge in [0.25, 0.3) is 5.91 Å². The molecule has 6 nitrogen and oxygen atoms in total. The highest BCUT2D eigenvalue weighted by Gasteiger charge is 2.13. The molecular formula is C14H18N4O2. The molecule has 0 saturated carbocycles. The molecule has 0 bridgehead atoms. The Bertz CT molecular complexity index is 607. The Morgan fingerprint density at radius 3 is 2.95 bits per heavy atom. The minimum atomic E-state index is -0.258. The molecule has 106 valence electrons. The fourth-order valence-electron chi connectivity index (χ4n) is 1.92. The van der Waals surface area contributed by atoms with E-state index in [2.05, 4.69) is 10.4 Å². The van der Waals surface area contributed by atoms with Crippen LogP contribution in [-0.4, -0.2) is 29.3 Å². The second-order valence-corrected chi connectivity index (χ2v) is 4.46. The predicted molar refractivity (Wildman–Crippen MR) is 76.7 cm³/mol. The summed E-state index contributed by atoms with van der Waals surface area (Å²) in [5, 5.41) is 6.83. The standard InChI is InChI=1S/C14H18N4O2/c1-18-9-12(15)13(17-18)14(19)16-7-6-10-4-3-5-11(8-10)20-2/h3-5,8-9H,6-7,15H2,1-2H3,(H,16,19). The smallest absolute Gasteiger partial charge is 0.273 e. The van der Waals surface area contributed by atoms with Gasteiger partial charge in [-0.25, -0.2) is 0 Å². The molecule has 1 heterocycles. The third kappa shape index (κ3) is 3.28. The number of rotatable bonds is 5. The molecule has 1 aromatic heterocycles. The molecule has 1 aromatic carbocycles. The topological polar surface area (TPSA) is 82.2 Å². The number of benzene rings is 1. The van der Waals surface area contributed by atoms with Crippen LogP contribution < -0.4 is 15.8 Å². The van der Waals surface area contributed by atoms with E-state index in [1.807, 2.05) is 24.3 Å². The largest absolute Gasteiger partial charge is 0.497 e. The van der Waals surface area contributed by atoms with E-state index >= 15 is 0 Å². The van der Waals surface area contributed by atoms with Crippen LogP contribution in [0.2, 0.25) is 0 Å². The van der Waals surface area contributed by atoms with E-state index in [-0.39, 0.29) is 11.6 Å². The molecule has 0 radical (unpaired) electrons. The fraction of sp³-hybridized carbons (Fsp3) is 0.286. The summed E-state index contributed by atoms with van der Waals surface area (Å²) in [5.74, 6) is 0.550. The van der Waals surface area contributed by atoms with Gasteiger partial charge in [0.2, 0.25) is 0 Å². The van der Waals surface area contributed by atoms with Gasteiger partial charge in [0.05, 0.1) is 12.8 Å². The van der Waals surface area contributed by atoms with Gasteiger partial charge in [0.1, 0.15) is 5.75 Å². The number of carbonyl (C=O) groups is 1. The van der Waals surface area contributed by atoms with E-state index in [1.165, 1.54) is 4.68 Å². The molecule has 0 fully saturated rings. The SMILES string of the molecule is COc1cccc(CCNC(=O)c2nn(C)cc2N)c1. The number of methoxy groups -OCH3 is 1. The molecule has 6 heteroatoms. The van der Waals surface area contributed by atoms with Crippen molar-refractivity contribution >= 4 is 11.6 Å². The number of carbonyl (C=O) groups excluding carboxylic acids is 1. The maximum atomic E-state index is 11.9. The monoisotopic (exact) mass is 274 g/mol. The zero-order valence-corrected chi connectivity index (χ0v) is 11.6. The Labute approximate surface area is 117 Å². The first-order valence-corrected chi connectivity index (χ1v) is 6.30. The normalized spacial score (nSPS) is 10.3. The number of nitrogen functional groups attached to an aromatic ring is 1. The predicted octanol–water partition coefficient (Wildman–Crippen LogP) is 0.983. The molecule has 2 aromatic rings. The van der Waals surface area contributed by atoms with Crippen molar-refractivity contribution in [1.82, 2.24) is 15.1 Å². The summed E-state index contributed by atoms with van der Waals surface area (Å²) in [6.07, 6.45) is 2.33. The average molecular weight is 274 g/mol. The van der Waals surface area contributed by atoms with Gasteiger partial charge in [-0.05, 0) is 24.1 Å². The highest BCUT2D eigenvalue weighted by molar-refractivity contribution is 5.96. The van der Waals surface area contributed by atoms with Gasteiger partial charge in [0, 0.05) is 19.8 Å². The molecule has 0 atom stereocenters. The number of anilines is 1. The van der Waals surface area contributed by atoms with Gasteiger partial charge >= 0.3 is 0 Å². The van der Waals surface area contributed by atoms with Crippen LogP contribution in [0.25, 0.3) is 0 Å². The summed E-state index contributed by atoms with van der Waals surface area (Å²) in [5.41, 5.74) is 7.44. The number of hydrogen-bond acceptors (Lipinski definition) is 4. The third-order valence-corrected chi connectivity index (χ3v) is 2.91. The maximum absolute atomic E-state index is 11.9. The van der Waals surface area contributed by atoms with E-state index in [1.54, 1.807) is 20.4 Å². The summed E-state index contributed by atoms with van der Waals surface area (Å²) in [6.45, 7) is 0.516. The molecule has 20 heavy (non-hydrogen) atoms. The highest BCUT2D eigenvalue weighted by Crippen LogP contribution is 2.12. The Morgan fingerprint density at radius 1 is 1.50 bits per heavy atom. The van der Waals surface area contributed by atoms with Gasteiger partial charge in [0.15, 0.2) is 5.69 Å². The van der Waals surface area contributed by atoms with Crippen molar-refractivity contribution in [3.8, 4) is 5.75 Å². The first kappa shape index (κ1) is 13.9. The zero-order chi connectivity index (χ0) is 14.5. The number of nitrogens with zero attached hydrogens (tertiary/aromatic N) is 2. The molecule has 0 saturated heterocycles. The van der Waals surface area contributed by atoms with Crippen molar-refractivity contribution in [2.24, 2.45) is 7.05 Å². The Kier molecular flexibility index (Phi) is 4.24. The van der Waals surface area contributed by atoms with E-state index in [0.717, 1.165) is 17.7 Å². The molecular weight excluding hydrogens is 256 g/mol. The lowest BCUT2D eigenvalue weighted by molar-refractivity contribution is 0.0949. The first-order chi connectivity index (χ1) is 9.60. The molecule has 0 aliphatic rings. The summed E-state index contributed by atoms with van der Waals surface area (Å²) < 4.78 is 6.67. The lowest BCUT2D eigenvalue weighted by Gasteiger charge is -2.06. The van der Waals surface area contributed by atoms with Crippen LogP contribution >= 0.6 is 0 Å². The van der Waals surface area contributed by atoms with E-state index < -0.39 is 0 Å². The third-order valence-electron chi connectivity index (χ3n) is 2.91. The number of nitrogens with one attached hydrogen (secondary N) is 1. The summed E-state index contributed by atoms with van der Waals surface area (Å²) >= 11 is 0. The second-order valence-electron chi connectivity index (χ2n) is 4.46. The quantitative estimate of drug-likeness (QED) is 0.851.